The first kappa shape index (κ1) is 26.9. The summed E-state index contributed by atoms with van der Waals surface area (Å²) >= 11 is 0. The van der Waals surface area contributed by atoms with Crippen LogP contribution in [-0.2, 0) is 16.0 Å². The summed E-state index contributed by atoms with van der Waals surface area (Å²) in [6.07, 6.45) is 10.7. The summed E-state index contributed by atoms with van der Waals surface area (Å²) in [5, 5.41) is 4.45. The number of likely N-dealkylation sites (tertiary alicyclic amines) is 1. The summed E-state index contributed by atoms with van der Waals surface area (Å²) < 4.78 is 11.9. The zero-order chi connectivity index (χ0) is 27.3. The van der Waals surface area contributed by atoms with Gasteiger partial charge in [0.2, 0.25) is 5.91 Å². The minimum Gasteiger partial charge on any atom is -0.490 e. The van der Waals surface area contributed by atoms with E-state index in [9.17, 15) is 4.79 Å². The summed E-state index contributed by atoms with van der Waals surface area (Å²) in [6, 6.07) is 8.27. The molecular weight excluding hydrogens is 504 g/mol. The Morgan fingerprint density at radius 3 is 2.60 bits per heavy atom. The number of amides is 1. The standard InChI is InChI=1S/C31H40N6O3/c1-22-18-25(6-7-29(22)40-26-9-12-37(13-10-26)31(38)23-4-2-3-5-23)35-30-27-19-24(32-20-28(27)33-21-34-30)8-11-36-14-16-39-17-15-36/h6-7,18-21,23,26H,2-5,8-17H2,1H3,(H,33,34,35). The Balaban J connectivity index is 1.07. The van der Waals surface area contributed by atoms with Gasteiger partial charge in [0.05, 0.1) is 24.9 Å². The molecule has 9 nitrogen and oxygen atoms in total. The predicted octanol–water partition coefficient (Wildman–Crippen LogP) is 4.51. The average molecular weight is 545 g/mol. The second kappa shape index (κ2) is 12.5. The number of piperidine rings is 1. The number of fused-ring (bicyclic) bond motifs is 1. The third kappa shape index (κ3) is 6.36. The molecule has 2 saturated heterocycles. The molecule has 0 radical (unpaired) electrons. The second-order valence-corrected chi connectivity index (χ2v) is 11.3. The molecule has 1 amide bonds. The number of morpholine rings is 1. The van der Waals surface area contributed by atoms with Crippen LogP contribution in [-0.4, -0.2) is 82.7 Å². The second-order valence-electron chi connectivity index (χ2n) is 11.3. The lowest BCUT2D eigenvalue weighted by molar-refractivity contribution is -0.137. The molecule has 1 aliphatic carbocycles. The van der Waals surface area contributed by atoms with Crippen LogP contribution < -0.4 is 10.1 Å². The van der Waals surface area contributed by atoms with E-state index < -0.39 is 0 Å². The number of carbonyl (C=O) groups excluding carboxylic acids is 1. The molecule has 40 heavy (non-hydrogen) atoms. The Labute approximate surface area is 236 Å². The number of carbonyl (C=O) groups is 1. The minimum absolute atomic E-state index is 0.138. The monoisotopic (exact) mass is 544 g/mol. The fourth-order valence-electron chi connectivity index (χ4n) is 6.14. The molecule has 0 bridgehead atoms. The molecule has 3 fully saturated rings. The van der Waals surface area contributed by atoms with Crippen LogP contribution in [0.25, 0.3) is 10.9 Å². The van der Waals surface area contributed by atoms with E-state index >= 15 is 0 Å². The third-order valence-corrected chi connectivity index (χ3v) is 8.56. The van der Waals surface area contributed by atoms with Gasteiger partial charge in [-0.05, 0) is 49.6 Å². The molecule has 2 aromatic heterocycles. The van der Waals surface area contributed by atoms with Crippen LogP contribution in [0.3, 0.4) is 0 Å². The first-order chi connectivity index (χ1) is 19.6. The van der Waals surface area contributed by atoms with Crippen molar-refractivity contribution in [1.29, 1.82) is 0 Å². The zero-order valence-electron chi connectivity index (χ0n) is 23.5. The van der Waals surface area contributed by atoms with Gasteiger partial charge in [0, 0.05) is 74.7 Å². The highest BCUT2D eigenvalue weighted by atomic mass is 16.5. The number of anilines is 2. The number of pyridine rings is 1. The highest BCUT2D eigenvalue weighted by Gasteiger charge is 2.30. The maximum atomic E-state index is 12.8. The SMILES string of the molecule is Cc1cc(Nc2ncnc3cnc(CCN4CCOCC4)cc23)ccc1OC1CCN(C(=O)C2CCCC2)CC1. The average Bonchev–Trinajstić information content (AvgIpc) is 3.54. The first-order valence-corrected chi connectivity index (χ1v) is 14.9. The van der Waals surface area contributed by atoms with Crippen molar-refractivity contribution >= 4 is 28.3 Å². The number of nitrogens with zero attached hydrogens (tertiary/aromatic N) is 5. The van der Waals surface area contributed by atoms with E-state index in [2.05, 4.69) is 49.1 Å². The van der Waals surface area contributed by atoms with Gasteiger partial charge in [-0.3, -0.25) is 14.7 Å². The van der Waals surface area contributed by atoms with Crippen molar-refractivity contribution in [2.24, 2.45) is 5.92 Å². The number of hydrogen-bond acceptors (Lipinski definition) is 8. The van der Waals surface area contributed by atoms with Crippen molar-refractivity contribution in [3.8, 4) is 5.75 Å². The summed E-state index contributed by atoms with van der Waals surface area (Å²) in [5.74, 6) is 2.28. The largest absolute Gasteiger partial charge is 0.490 e. The molecule has 0 unspecified atom stereocenters. The maximum absolute atomic E-state index is 12.8. The summed E-state index contributed by atoms with van der Waals surface area (Å²) in [7, 11) is 0. The molecule has 9 heteroatoms. The van der Waals surface area contributed by atoms with E-state index in [1.807, 2.05) is 18.3 Å². The van der Waals surface area contributed by atoms with Gasteiger partial charge < -0.3 is 19.7 Å². The molecular formula is C31H40N6O3. The highest BCUT2D eigenvalue weighted by Crippen LogP contribution is 2.31. The normalized spacial score (nSPS) is 19.3. The van der Waals surface area contributed by atoms with Gasteiger partial charge in [-0.1, -0.05) is 12.8 Å². The molecule has 1 saturated carbocycles. The molecule has 3 aliphatic rings. The number of aryl methyl sites for hydroxylation is 1. The molecule has 4 heterocycles. The quantitative estimate of drug-likeness (QED) is 0.443. The number of ether oxygens (including phenoxy) is 2. The van der Waals surface area contributed by atoms with E-state index in [0.29, 0.717) is 5.91 Å². The van der Waals surface area contributed by atoms with E-state index in [1.54, 1.807) is 6.33 Å². The van der Waals surface area contributed by atoms with Gasteiger partial charge in [0.25, 0.3) is 0 Å². The molecule has 1 aromatic carbocycles. The van der Waals surface area contributed by atoms with E-state index in [1.165, 1.54) is 12.8 Å². The zero-order valence-corrected chi connectivity index (χ0v) is 23.5. The predicted molar refractivity (Wildman–Crippen MR) is 155 cm³/mol. The Morgan fingerprint density at radius 2 is 1.82 bits per heavy atom. The van der Waals surface area contributed by atoms with Gasteiger partial charge >= 0.3 is 0 Å². The summed E-state index contributed by atoms with van der Waals surface area (Å²) in [6.45, 7) is 8.18. The van der Waals surface area contributed by atoms with Crippen molar-refractivity contribution in [3.63, 3.8) is 0 Å². The van der Waals surface area contributed by atoms with E-state index in [0.717, 1.165) is 117 Å². The third-order valence-electron chi connectivity index (χ3n) is 8.56. The van der Waals surface area contributed by atoms with Crippen LogP contribution in [0.4, 0.5) is 11.5 Å². The Bertz CT molecular complexity index is 1310. The fourth-order valence-corrected chi connectivity index (χ4v) is 6.14. The van der Waals surface area contributed by atoms with Crippen molar-refractivity contribution in [3.05, 3.63) is 48.0 Å². The van der Waals surface area contributed by atoms with Crippen molar-refractivity contribution < 1.29 is 14.3 Å². The van der Waals surface area contributed by atoms with Gasteiger partial charge in [-0.2, -0.15) is 0 Å². The molecule has 3 aromatic rings. The Morgan fingerprint density at radius 1 is 1.02 bits per heavy atom. The van der Waals surface area contributed by atoms with Crippen LogP contribution in [0.1, 0.15) is 49.8 Å². The number of rotatable bonds is 8. The molecule has 0 spiro atoms. The van der Waals surface area contributed by atoms with Crippen molar-refractivity contribution in [2.75, 3.05) is 51.3 Å². The van der Waals surface area contributed by atoms with E-state index in [-0.39, 0.29) is 12.0 Å². The van der Waals surface area contributed by atoms with Gasteiger partial charge in [0.1, 0.15) is 24.0 Å². The highest BCUT2D eigenvalue weighted by molar-refractivity contribution is 5.90. The van der Waals surface area contributed by atoms with Crippen LogP contribution >= 0.6 is 0 Å². The number of nitrogens with one attached hydrogen (secondary N) is 1. The van der Waals surface area contributed by atoms with Gasteiger partial charge in [-0.25, -0.2) is 9.97 Å². The fraction of sp³-hybridized carbons (Fsp3) is 0.548. The lowest BCUT2D eigenvalue weighted by atomic mass is 10.0. The molecule has 212 valence electrons. The van der Waals surface area contributed by atoms with Crippen LogP contribution in [0.15, 0.2) is 36.8 Å². The lowest BCUT2D eigenvalue weighted by Crippen LogP contribution is -2.44. The summed E-state index contributed by atoms with van der Waals surface area (Å²) in [5.41, 5.74) is 3.88. The van der Waals surface area contributed by atoms with Crippen molar-refractivity contribution in [2.45, 2.75) is 58.0 Å². The van der Waals surface area contributed by atoms with Crippen LogP contribution in [0.2, 0.25) is 0 Å². The Hall–Kier alpha value is -3.30. The molecule has 2 aliphatic heterocycles. The maximum Gasteiger partial charge on any atom is 0.225 e. The number of hydrogen-bond donors (Lipinski definition) is 1. The van der Waals surface area contributed by atoms with Gasteiger partial charge in [0.15, 0.2) is 0 Å². The smallest absolute Gasteiger partial charge is 0.225 e. The lowest BCUT2D eigenvalue weighted by Gasteiger charge is -2.34. The summed E-state index contributed by atoms with van der Waals surface area (Å²) in [4.78, 5) is 30.9. The molecule has 0 atom stereocenters. The number of aromatic nitrogens is 3. The van der Waals surface area contributed by atoms with Gasteiger partial charge in [-0.15, -0.1) is 0 Å². The minimum atomic E-state index is 0.138. The molecule has 1 N–H and O–H groups in total. The van der Waals surface area contributed by atoms with Crippen molar-refractivity contribution in [1.82, 2.24) is 24.8 Å². The van der Waals surface area contributed by atoms with Crippen LogP contribution in [0.5, 0.6) is 5.75 Å². The topological polar surface area (TPSA) is 92.7 Å². The van der Waals surface area contributed by atoms with Crippen LogP contribution in [0, 0.1) is 12.8 Å². The van der Waals surface area contributed by atoms with E-state index in [4.69, 9.17) is 9.47 Å². The molecule has 6 rings (SSSR count). The number of benzene rings is 1. The first-order valence-electron chi connectivity index (χ1n) is 14.9. The Kier molecular flexibility index (Phi) is 8.39.